The van der Waals surface area contributed by atoms with Gasteiger partial charge in [-0.1, -0.05) is 42.2 Å². The number of aldehydes is 1. The van der Waals surface area contributed by atoms with Crippen LogP contribution < -0.4 is 31.4 Å². The molecule has 23 heteroatoms. The molecule has 2 aliphatic rings. The Hall–Kier alpha value is -7.35. The van der Waals surface area contributed by atoms with Crippen molar-refractivity contribution >= 4 is 46.1 Å². The minimum absolute atomic E-state index is 0.00369. The Morgan fingerprint density at radius 1 is 0.987 bits per heavy atom. The minimum Gasteiger partial charge on any atom is -0.508 e. The van der Waals surface area contributed by atoms with Crippen LogP contribution in [0, 0.1) is 19.8 Å². The molecule has 1 saturated heterocycles. The van der Waals surface area contributed by atoms with E-state index >= 15 is 0 Å². The Bertz CT molecular complexity index is 3160. The van der Waals surface area contributed by atoms with E-state index in [0.717, 1.165) is 30.4 Å². The number of ether oxygens (including phenoxy) is 3. The van der Waals surface area contributed by atoms with Crippen molar-refractivity contribution in [3.05, 3.63) is 107 Å². The number of aromatic hydroxyl groups is 1. The number of carboxylic acids is 1. The molecule has 10 atom stereocenters. The summed E-state index contributed by atoms with van der Waals surface area (Å²) in [7, 11) is 0. The SMILES string of the molecule is Cc1cc(C)cc(-c2c3[nH]ccc3cn2O[C@@H]2[C@@H](Oc3ccc4c(=O)c(-c5ccc(O)cc5)coc4c3)O[C@@H]([C@@H](NC(N)=N[C@H]3CCCC[C@@H]3CCCO)OC(=O)[C@H](NCCC=O)C(=O)O)[C@@](O)(CO)[C@]2(O)[C@H](O)CCCO)c1. The number of hydrogen-bond donors (Lipinski definition) is 12. The number of aliphatic carboxylic acids is 1. The number of rotatable bonds is 24. The third-order valence-corrected chi connectivity index (χ3v) is 14.7. The van der Waals surface area contributed by atoms with Crippen LogP contribution in [-0.2, 0) is 23.9 Å². The van der Waals surface area contributed by atoms with E-state index in [1.807, 2.05) is 32.0 Å². The van der Waals surface area contributed by atoms with E-state index in [1.165, 1.54) is 41.3 Å². The molecule has 0 radical (unpaired) electrons. The number of guanidine groups is 1. The summed E-state index contributed by atoms with van der Waals surface area (Å²) >= 11 is 0. The summed E-state index contributed by atoms with van der Waals surface area (Å²) < 4.78 is 26.4. The average Bonchev–Trinajstić information content (AvgIpc) is 3.33. The molecular weight excluding hydrogens is 1030 g/mol. The van der Waals surface area contributed by atoms with Gasteiger partial charge in [-0.05, 0) is 106 Å². The van der Waals surface area contributed by atoms with Crippen LogP contribution in [0.2, 0.25) is 0 Å². The largest absolute Gasteiger partial charge is 0.508 e. The third kappa shape index (κ3) is 12.3. The van der Waals surface area contributed by atoms with Crippen LogP contribution in [0.3, 0.4) is 0 Å². The standard InChI is InChI=1S/C56H68N6O17/c1-31-24-32(2)26-36(25-31)46-44-35(18-20-59-44)28-62(46)79-49-53(76-38-16-17-39-42(27-38)75-29-40(47(39)69)33-12-14-37(67)15-13-33)77-48(55(73,30-66)56(49,74)43(68)11-6-22-64)50(78-52(72)45(51(70)71)58-19-7-23-65)61-54(57)60-41-10-4-3-8-34(41)9-5-21-63/h12-18,20,23-29,34,41,43,45,48-50,53,58-59,63-64,66-68,73-74H,3-11,19,21-22,30H2,1-2H3,(H,70,71)(H3,57,60,61)/t34-,41+,43-,45-,48+,49-,50+,53+,55+,56+/m1/s1. The number of aromatic amines is 1. The monoisotopic (exact) mass is 1100 g/mol. The van der Waals surface area contributed by atoms with Gasteiger partial charge in [0.25, 0.3) is 0 Å². The first-order chi connectivity index (χ1) is 37.9. The van der Waals surface area contributed by atoms with Crippen molar-refractivity contribution < 1.29 is 78.7 Å². The number of aliphatic hydroxyl groups excluding tert-OH is 4. The maximum Gasteiger partial charge on any atom is 0.336 e. The number of nitrogens with two attached hydrogens (primary N) is 1. The van der Waals surface area contributed by atoms with Gasteiger partial charge in [0.2, 0.25) is 24.7 Å². The second-order valence-corrected chi connectivity index (χ2v) is 20.2. The second-order valence-electron chi connectivity index (χ2n) is 20.2. The number of nitrogens with zero attached hydrogens (tertiary/aromatic N) is 2. The number of hydrogen-bond acceptors (Lipinski definition) is 18. The fourth-order valence-electron chi connectivity index (χ4n) is 10.8. The predicted molar refractivity (Wildman–Crippen MR) is 287 cm³/mol. The fourth-order valence-corrected chi connectivity index (χ4v) is 10.8. The number of nitrogens with one attached hydrogen (secondary N) is 3. The van der Waals surface area contributed by atoms with Crippen LogP contribution in [0.4, 0.5) is 0 Å². The highest BCUT2D eigenvalue weighted by Gasteiger charge is 2.72. The van der Waals surface area contributed by atoms with Gasteiger partial charge in [-0.15, -0.1) is 0 Å². The smallest absolute Gasteiger partial charge is 0.336 e. The molecule has 1 aliphatic heterocycles. The van der Waals surface area contributed by atoms with Crippen LogP contribution in [0.15, 0.2) is 99.6 Å². The van der Waals surface area contributed by atoms with Crippen molar-refractivity contribution in [3.8, 4) is 33.9 Å². The molecule has 8 rings (SSSR count). The number of aromatic nitrogens is 2. The molecule has 2 fully saturated rings. The van der Waals surface area contributed by atoms with Crippen molar-refractivity contribution in [2.24, 2.45) is 16.6 Å². The summed E-state index contributed by atoms with van der Waals surface area (Å²) in [4.78, 5) is 66.8. The van der Waals surface area contributed by atoms with Gasteiger partial charge in [0.15, 0.2) is 28.7 Å². The first kappa shape index (κ1) is 57.8. The molecular formula is C56H68N6O17. The Balaban J connectivity index is 1.31. The summed E-state index contributed by atoms with van der Waals surface area (Å²) in [6, 6.07) is 14.9. The van der Waals surface area contributed by atoms with E-state index in [2.05, 4.69) is 15.6 Å². The van der Waals surface area contributed by atoms with E-state index in [4.69, 9.17) is 34.2 Å². The number of aryl methyl sites for hydroxylation is 2. The van der Waals surface area contributed by atoms with E-state index in [1.54, 1.807) is 30.6 Å². The van der Waals surface area contributed by atoms with Crippen molar-refractivity contribution in [2.75, 3.05) is 26.4 Å². The number of fused-ring (bicyclic) bond motifs is 2. The number of H-pyrrole nitrogens is 1. The number of aliphatic hydroxyl groups is 6. The van der Waals surface area contributed by atoms with Gasteiger partial charge < -0.3 is 85.1 Å². The number of carbonyl (C=O) groups excluding carboxylic acids is 2. The molecule has 13 N–H and O–H groups in total. The lowest BCUT2D eigenvalue weighted by atomic mass is 9.68. The summed E-state index contributed by atoms with van der Waals surface area (Å²) in [5, 5.41) is 96.9. The number of phenolic OH excluding ortho intramolecular Hbond substituents is 1. The fraction of sp³-hybridized carbons (Fsp3) is 0.446. The van der Waals surface area contributed by atoms with E-state index in [-0.39, 0.29) is 59.9 Å². The molecule has 23 nitrogen and oxygen atoms in total. The molecule has 1 saturated carbocycles. The second kappa shape index (κ2) is 25.2. The van der Waals surface area contributed by atoms with Crippen molar-refractivity contribution in [2.45, 2.75) is 126 Å². The zero-order valence-corrected chi connectivity index (χ0v) is 43.7. The maximum atomic E-state index is 14.2. The zero-order chi connectivity index (χ0) is 56.6. The summed E-state index contributed by atoms with van der Waals surface area (Å²) in [6.07, 6.45) is -2.80. The molecule has 3 aromatic heterocycles. The Morgan fingerprint density at radius 3 is 2.42 bits per heavy atom. The molecule has 0 spiro atoms. The van der Waals surface area contributed by atoms with Crippen LogP contribution >= 0.6 is 0 Å². The van der Waals surface area contributed by atoms with Crippen LogP contribution in [0.5, 0.6) is 11.5 Å². The lowest BCUT2D eigenvalue weighted by Gasteiger charge is -2.57. The molecule has 1 aliphatic carbocycles. The average molecular weight is 1100 g/mol. The number of esters is 1. The van der Waals surface area contributed by atoms with Gasteiger partial charge in [0.1, 0.15) is 35.3 Å². The van der Waals surface area contributed by atoms with Crippen molar-refractivity contribution in [1.29, 1.82) is 0 Å². The third-order valence-electron chi connectivity index (χ3n) is 14.7. The summed E-state index contributed by atoms with van der Waals surface area (Å²) in [5.41, 5.74) is 3.66. The van der Waals surface area contributed by atoms with Crippen LogP contribution in [0.25, 0.3) is 44.3 Å². The van der Waals surface area contributed by atoms with Gasteiger partial charge in [-0.25, -0.2) is 14.6 Å². The highest BCUT2D eigenvalue weighted by Crippen LogP contribution is 2.45. The quantitative estimate of drug-likeness (QED) is 0.00788. The highest BCUT2D eigenvalue weighted by molar-refractivity contribution is 5.98. The Kier molecular flexibility index (Phi) is 18.4. The lowest BCUT2D eigenvalue weighted by molar-refractivity contribution is -0.387. The molecule has 0 bridgehead atoms. The summed E-state index contributed by atoms with van der Waals surface area (Å²) in [5.74, 6) is -3.86. The zero-order valence-electron chi connectivity index (χ0n) is 43.7. The van der Waals surface area contributed by atoms with Gasteiger partial charge in [0.05, 0.1) is 41.4 Å². The van der Waals surface area contributed by atoms with Crippen LogP contribution in [0.1, 0.15) is 68.9 Å². The molecule has 0 amide bonds. The van der Waals surface area contributed by atoms with Crippen LogP contribution in [-0.4, -0.2) is 155 Å². The van der Waals surface area contributed by atoms with Gasteiger partial charge >= 0.3 is 11.9 Å². The number of aliphatic imine (C=N–C) groups is 1. The highest BCUT2D eigenvalue weighted by atomic mass is 16.8. The van der Waals surface area contributed by atoms with Crippen molar-refractivity contribution in [1.82, 2.24) is 20.3 Å². The normalized spacial score (nSPS) is 23.7. The minimum atomic E-state index is -3.25. The number of benzene rings is 3. The van der Waals surface area contributed by atoms with Gasteiger partial charge in [0, 0.05) is 49.4 Å². The first-order valence-corrected chi connectivity index (χ1v) is 26.2. The molecule has 3 aromatic carbocycles. The molecule has 6 aromatic rings. The summed E-state index contributed by atoms with van der Waals surface area (Å²) in [6.45, 7) is 1.42. The van der Waals surface area contributed by atoms with E-state index in [9.17, 15) is 60.0 Å². The number of carboxylic acid groups (broad SMARTS) is 1. The number of carbonyl (C=O) groups is 3. The number of phenols is 1. The van der Waals surface area contributed by atoms with E-state index in [0.29, 0.717) is 53.3 Å². The van der Waals surface area contributed by atoms with Gasteiger partial charge in [-0.3, -0.25) is 10.1 Å². The Labute approximate surface area is 453 Å². The van der Waals surface area contributed by atoms with Crippen molar-refractivity contribution in [3.63, 3.8) is 0 Å². The molecule has 79 heavy (non-hydrogen) atoms. The molecule has 424 valence electrons. The van der Waals surface area contributed by atoms with Gasteiger partial charge in [-0.2, -0.15) is 4.73 Å². The Morgan fingerprint density at radius 2 is 1.72 bits per heavy atom. The molecule has 4 heterocycles. The predicted octanol–water partition coefficient (Wildman–Crippen LogP) is 2.66. The maximum absolute atomic E-state index is 14.2. The van der Waals surface area contributed by atoms with E-state index < -0.39 is 97.1 Å². The topological polar surface area (TPSA) is 363 Å². The molecule has 0 unspecified atom stereocenters. The first-order valence-electron chi connectivity index (χ1n) is 26.2. The lowest BCUT2D eigenvalue weighted by Crippen LogP contribution is -2.83.